The first-order valence-electron chi connectivity index (χ1n) is 5.74. The van der Waals surface area contributed by atoms with Gasteiger partial charge in [-0.25, -0.2) is 9.59 Å². The summed E-state index contributed by atoms with van der Waals surface area (Å²) in [5.41, 5.74) is 1.22. The normalized spacial score (nSPS) is 10.7. The molecule has 112 valence electrons. The number of hydrogen-bond acceptors (Lipinski definition) is 3. The summed E-state index contributed by atoms with van der Waals surface area (Å²) in [4.78, 5) is 22.0. The van der Waals surface area contributed by atoms with Crippen LogP contribution < -0.4 is 4.57 Å². The SMILES string of the molecule is O=C(O)c1cccc(C#Cc2csc[n+]2C(=O)C(F)(F)F)c1. The van der Waals surface area contributed by atoms with E-state index in [9.17, 15) is 22.8 Å². The van der Waals surface area contributed by atoms with Crippen LogP contribution in [-0.2, 0) is 0 Å². The number of aromatic nitrogens is 1. The minimum absolute atomic E-state index is 0.0105. The molecule has 0 aliphatic heterocycles. The molecule has 4 nitrogen and oxygen atoms in total. The second-order valence-electron chi connectivity index (χ2n) is 4.05. The lowest BCUT2D eigenvalue weighted by Crippen LogP contribution is -2.51. The monoisotopic (exact) mass is 326 g/mol. The first-order chi connectivity index (χ1) is 10.3. The first kappa shape index (κ1) is 15.7. The number of halogens is 3. The van der Waals surface area contributed by atoms with Crippen molar-refractivity contribution < 1.29 is 32.4 Å². The van der Waals surface area contributed by atoms with Crippen LogP contribution in [0.1, 0.15) is 26.4 Å². The summed E-state index contributed by atoms with van der Waals surface area (Å²) in [6.07, 6.45) is -4.99. The maximum atomic E-state index is 12.4. The van der Waals surface area contributed by atoms with E-state index < -0.39 is 18.1 Å². The number of carbonyl (C=O) groups is 2. The molecule has 2 rings (SSSR count). The quantitative estimate of drug-likeness (QED) is 0.646. The molecule has 0 aliphatic rings. The van der Waals surface area contributed by atoms with Gasteiger partial charge in [0.2, 0.25) is 5.51 Å². The zero-order valence-electron chi connectivity index (χ0n) is 10.7. The van der Waals surface area contributed by atoms with E-state index in [0.29, 0.717) is 10.1 Å². The number of carbonyl (C=O) groups excluding carboxylic acids is 1. The van der Waals surface area contributed by atoms with Crippen molar-refractivity contribution >= 4 is 23.2 Å². The summed E-state index contributed by atoms with van der Waals surface area (Å²) >= 11 is 0.899. The largest absolute Gasteiger partial charge is 0.521 e. The van der Waals surface area contributed by atoms with Crippen molar-refractivity contribution in [2.75, 3.05) is 0 Å². The Bertz CT molecular complexity index is 799. The van der Waals surface area contributed by atoms with Gasteiger partial charge in [-0.05, 0) is 18.2 Å². The van der Waals surface area contributed by atoms with Gasteiger partial charge in [0.25, 0.3) is 5.69 Å². The average Bonchev–Trinajstić information content (AvgIpc) is 2.91. The first-order valence-corrected chi connectivity index (χ1v) is 6.68. The Morgan fingerprint density at radius 1 is 1.23 bits per heavy atom. The fourth-order valence-electron chi connectivity index (χ4n) is 1.52. The highest BCUT2D eigenvalue weighted by molar-refractivity contribution is 7.07. The van der Waals surface area contributed by atoms with Crippen LogP contribution in [0.25, 0.3) is 0 Å². The molecule has 1 aromatic carbocycles. The van der Waals surface area contributed by atoms with E-state index in [-0.39, 0.29) is 11.3 Å². The summed E-state index contributed by atoms with van der Waals surface area (Å²) in [7, 11) is 0. The summed E-state index contributed by atoms with van der Waals surface area (Å²) in [5.74, 6) is 1.81. The van der Waals surface area contributed by atoms with E-state index in [1.807, 2.05) is 0 Å². The van der Waals surface area contributed by atoms with Crippen molar-refractivity contribution in [1.82, 2.24) is 0 Å². The van der Waals surface area contributed by atoms with Gasteiger partial charge in [0.1, 0.15) is 0 Å². The van der Waals surface area contributed by atoms with Crippen LogP contribution in [0.3, 0.4) is 0 Å². The molecular weight excluding hydrogens is 319 g/mol. The molecule has 0 unspecified atom stereocenters. The number of alkyl halides is 3. The van der Waals surface area contributed by atoms with Gasteiger partial charge in [0.15, 0.2) is 0 Å². The highest BCUT2D eigenvalue weighted by Crippen LogP contribution is 2.15. The topological polar surface area (TPSA) is 58.2 Å². The Kier molecular flexibility index (Phi) is 4.28. The molecule has 0 saturated heterocycles. The molecule has 1 aromatic heterocycles. The Morgan fingerprint density at radius 2 is 1.95 bits per heavy atom. The van der Waals surface area contributed by atoms with Crippen LogP contribution in [-0.4, -0.2) is 23.2 Å². The van der Waals surface area contributed by atoms with Crippen LogP contribution in [0.2, 0.25) is 0 Å². The molecule has 0 fully saturated rings. The van der Waals surface area contributed by atoms with E-state index in [0.717, 1.165) is 16.8 Å². The smallest absolute Gasteiger partial charge is 0.478 e. The molecule has 1 N–H and O–H groups in total. The zero-order valence-corrected chi connectivity index (χ0v) is 11.5. The van der Waals surface area contributed by atoms with Crippen molar-refractivity contribution in [2.24, 2.45) is 0 Å². The Balaban J connectivity index is 2.34. The number of carboxylic acids is 1. The van der Waals surface area contributed by atoms with E-state index in [1.165, 1.54) is 29.6 Å². The third kappa shape index (κ3) is 3.51. The molecule has 2 aromatic rings. The van der Waals surface area contributed by atoms with Crippen LogP contribution in [0.4, 0.5) is 13.2 Å². The van der Waals surface area contributed by atoms with E-state index >= 15 is 0 Å². The van der Waals surface area contributed by atoms with Crippen molar-refractivity contribution in [1.29, 1.82) is 0 Å². The standard InChI is InChI=1S/C14H6F3NO3S/c15-14(16,17)13(21)18-8-22-7-11(18)5-4-9-2-1-3-10(6-9)12(19)20/h1-3,6-8H/p+1. The third-order valence-corrected chi connectivity index (χ3v) is 3.20. The molecule has 0 bridgehead atoms. The third-order valence-electron chi connectivity index (χ3n) is 2.51. The molecule has 8 heteroatoms. The molecule has 0 aliphatic carbocycles. The molecule has 0 spiro atoms. The summed E-state index contributed by atoms with van der Waals surface area (Å²) in [6, 6.07) is 5.64. The second-order valence-corrected chi connectivity index (χ2v) is 4.77. The van der Waals surface area contributed by atoms with Crippen LogP contribution in [0.15, 0.2) is 35.2 Å². The molecule has 0 atom stereocenters. The van der Waals surface area contributed by atoms with Gasteiger partial charge in [-0.2, -0.15) is 13.2 Å². The summed E-state index contributed by atoms with van der Waals surface area (Å²) < 4.78 is 37.7. The summed E-state index contributed by atoms with van der Waals surface area (Å²) in [6.45, 7) is 0. The van der Waals surface area contributed by atoms with Gasteiger partial charge < -0.3 is 5.11 Å². The van der Waals surface area contributed by atoms with Gasteiger partial charge >= 0.3 is 18.1 Å². The minimum atomic E-state index is -4.99. The average molecular weight is 326 g/mol. The zero-order chi connectivity index (χ0) is 16.3. The van der Waals surface area contributed by atoms with Gasteiger partial charge in [-0.1, -0.05) is 23.3 Å². The lowest BCUT2D eigenvalue weighted by atomic mass is 10.1. The molecular formula is C14H7F3NO3S+. The Morgan fingerprint density at radius 3 is 2.59 bits per heavy atom. The van der Waals surface area contributed by atoms with Gasteiger partial charge in [-0.15, -0.1) is 4.57 Å². The van der Waals surface area contributed by atoms with E-state index in [4.69, 9.17) is 5.11 Å². The van der Waals surface area contributed by atoms with Gasteiger partial charge in [0, 0.05) is 11.5 Å². The van der Waals surface area contributed by atoms with Crippen LogP contribution in [0.5, 0.6) is 0 Å². The number of carboxylic acid groups (broad SMARTS) is 1. The molecule has 0 saturated carbocycles. The highest BCUT2D eigenvalue weighted by Gasteiger charge is 2.48. The van der Waals surface area contributed by atoms with Crippen molar-refractivity contribution in [2.45, 2.75) is 6.18 Å². The van der Waals surface area contributed by atoms with E-state index in [2.05, 4.69) is 11.8 Å². The number of aromatic carboxylic acids is 1. The lowest BCUT2D eigenvalue weighted by Gasteiger charge is -1.97. The predicted octanol–water partition coefficient (Wildman–Crippen LogP) is 2.34. The maximum Gasteiger partial charge on any atom is 0.521 e. The van der Waals surface area contributed by atoms with Gasteiger partial charge in [0.05, 0.1) is 10.9 Å². The number of rotatable bonds is 1. The lowest BCUT2D eigenvalue weighted by molar-refractivity contribution is -0.583. The predicted molar refractivity (Wildman–Crippen MR) is 70.6 cm³/mol. The Labute approximate surface area is 126 Å². The fourth-order valence-corrected chi connectivity index (χ4v) is 2.21. The highest BCUT2D eigenvalue weighted by atomic mass is 32.1. The number of nitrogens with zero attached hydrogens (tertiary/aromatic N) is 1. The second kappa shape index (κ2) is 5.99. The number of thiazole rings is 1. The van der Waals surface area contributed by atoms with E-state index in [1.54, 1.807) is 0 Å². The molecule has 0 radical (unpaired) electrons. The van der Waals surface area contributed by atoms with Crippen LogP contribution >= 0.6 is 11.3 Å². The van der Waals surface area contributed by atoms with Crippen LogP contribution in [0, 0.1) is 11.8 Å². The fraction of sp³-hybridized carbons (Fsp3) is 0.0714. The summed E-state index contributed by atoms with van der Waals surface area (Å²) in [5, 5.41) is 10.2. The molecule has 0 amide bonds. The number of hydrogen-bond donors (Lipinski definition) is 1. The van der Waals surface area contributed by atoms with Crippen molar-refractivity contribution in [3.8, 4) is 11.8 Å². The molecule has 1 heterocycles. The van der Waals surface area contributed by atoms with Gasteiger partial charge in [-0.3, -0.25) is 0 Å². The number of benzene rings is 1. The Hall–Kier alpha value is -2.66. The van der Waals surface area contributed by atoms with Crippen molar-refractivity contribution in [3.63, 3.8) is 0 Å². The minimum Gasteiger partial charge on any atom is -0.478 e. The molecule has 22 heavy (non-hydrogen) atoms. The maximum absolute atomic E-state index is 12.4. The van der Waals surface area contributed by atoms with Crippen molar-refractivity contribution in [3.05, 3.63) is 52.0 Å².